The predicted octanol–water partition coefficient (Wildman–Crippen LogP) is 2.60. The highest BCUT2D eigenvalue weighted by Crippen LogP contribution is 2.11. The summed E-state index contributed by atoms with van der Waals surface area (Å²) in [5.74, 6) is 0.941. The smallest absolute Gasteiger partial charge is 0.119 e. The zero-order valence-corrected chi connectivity index (χ0v) is 11.3. The number of aryl methyl sites for hydroxylation is 1. The average Bonchev–Trinajstić information content (AvgIpc) is 2.44. The number of nitrogens with zero attached hydrogens (tertiary/aromatic N) is 1. The molecule has 1 aromatic carbocycles. The lowest BCUT2D eigenvalue weighted by Gasteiger charge is -2.08. The van der Waals surface area contributed by atoms with E-state index in [-0.39, 0.29) is 0 Å². The first-order valence-corrected chi connectivity index (χ1v) is 6.64. The molecular weight excluding hydrogens is 236 g/mol. The molecule has 0 aliphatic carbocycles. The summed E-state index contributed by atoms with van der Waals surface area (Å²) in [7, 11) is 0. The molecule has 2 aromatic rings. The number of hydrogen-bond acceptors (Lipinski definition) is 3. The molecule has 0 saturated carbocycles. The molecule has 1 heterocycles. The molecule has 0 amide bonds. The lowest BCUT2D eigenvalue weighted by Crippen LogP contribution is -2.23. The van der Waals surface area contributed by atoms with Crippen LogP contribution in [-0.2, 0) is 6.42 Å². The molecule has 3 heteroatoms. The highest BCUT2D eigenvalue weighted by Gasteiger charge is 1.94. The Morgan fingerprint density at radius 2 is 1.95 bits per heavy atom. The van der Waals surface area contributed by atoms with Gasteiger partial charge in [0.25, 0.3) is 0 Å². The normalized spacial score (nSPS) is 10.4. The van der Waals surface area contributed by atoms with Crippen molar-refractivity contribution >= 4 is 0 Å². The summed E-state index contributed by atoms with van der Waals surface area (Å²) >= 11 is 0. The Bertz CT molecular complexity index is 485. The zero-order chi connectivity index (χ0) is 13.3. The fourth-order valence-corrected chi connectivity index (χ4v) is 1.85. The Hall–Kier alpha value is -1.87. The number of ether oxygens (including phenoxy) is 1. The number of pyridine rings is 1. The maximum absolute atomic E-state index is 5.67. The zero-order valence-electron chi connectivity index (χ0n) is 11.3. The molecule has 1 aromatic heterocycles. The summed E-state index contributed by atoms with van der Waals surface area (Å²) in [5, 5.41) is 3.37. The molecule has 0 bridgehead atoms. The van der Waals surface area contributed by atoms with E-state index < -0.39 is 0 Å². The summed E-state index contributed by atoms with van der Waals surface area (Å²) in [5.41, 5.74) is 2.53. The topological polar surface area (TPSA) is 34.1 Å². The van der Waals surface area contributed by atoms with Gasteiger partial charge in [-0.25, -0.2) is 0 Å². The monoisotopic (exact) mass is 256 g/mol. The third kappa shape index (κ3) is 5.10. The fraction of sp³-hybridized carbons (Fsp3) is 0.312. The van der Waals surface area contributed by atoms with Crippen molar-refractivity contribution in [1.82, 2.24) is 10.3 Å². The van der Waals surface area contributed by atoms with Gasteiger partial charge in [0.05, 0.1) is 0 Å². The van der Waals surface area contributed by atoms with Crippen LogP contribution in [0.1, 0.15) is 11.1 Å². The Kier molecular flexibility index (Phi) is 5.38. The maximum Gasteiger partial charge on any atom is 0.119 e. The van der Waals surface area contributed by atoms with Gasteiger partial charge < -0.3 is 10.1 Å². The van der Waals surface area contributed by atoms with Crippen LogP contribution in [0.4, 0.5) is 0 Å². The van der Waals surface area contributed by atoms with Gasteiger partial charge in [0, 0.05) is 18.9 Å². The first-order valence-electron chi connectivity index (χ1n) is 6.64. The van der Waals surface area contributed by atoms with Crippen molar-refractivity contribution in [2.24, 2.45) is 0 Å². The first-order chi connectivity index (χ1) is 9.34. The third-order valence-electron chi connectivity index (χ3n) is 2.88. The molecule has 19 heavy (non-hydrogen) atoms. The van der Waals surface area contributed by atoms with Crippen LogP contribution >= 0.6 is 0 Å². The standard InChI is InChI=1S/C16H20N2O/c1-14-3-2-4-16(13-14)19-12-11-18-10-7-15-5-8-17-9-6-15/h2-6,8-9,13,18H,7,10-12H2,1H3. The summed E-state index contributed by atoms with van der Waals surface area (Å²) in [6.45, 7) is 4.58. The van der Waals surface area contributed by atoms with Crippen molar-refractivity contribution in [3.63, 3.8) is 0 Å². The van der Waals surface area contributed by atoms with Crippen LogP contribution in [-0.4, -0.2) is 24.7 Å². The van der Waals surface area contributed by atoms with Crippen molar-refractivity contribution in [3.05, 3.63) is 59.9 Å². The van der Waals surface area contributed by atoms with Gasteiger partial charge in [0.2, 0.25) is 0 Å². The van der Waals surface area contributed by atoms with Gasteiger partial charge in [-0.1, -0.05) is 12.1 Å². The minimum atomic E-state index is 0.694. The fourth-order valence-electron chi connectivity index (χ4n) is 1.85. The summed E-state index contributed by atoms with van der Waals surface area (Å²) in [6.07, 6.45) is 4.68. The second kappa shape index (κ2) is 7.54. The molecule has 3 nitrogen and oxygen atoms in total. The minimum absolute atomic E-state index is 0.694. The SMILES string of the molecule is Cc1cccc(OCCNCCc2ccncc2)c1. The molecule has 0 fully saturated rings. The molecule has 0 atom stereocenters. The Morgan fingerprint density at radius 3 is 2.74 bits per heavy atom. The van der Waals surface area contributed by atoms with E-state index in [0.717, 1.165) is 25.3 Å². The second-order valence-electron chi connectivity index (χ2n) is 4.52. The van der Waals surface area contributed by atoms with Crippen molar-refractivity contribution in [1.29, 1.82) is 0 Å². The van der Waals surface area contributed by atoms with Crippen molar-refractivity contribution in [2.75, 3.05) is 19.7 Å². The lowest BCUT2D eigenvalue weighted by atomic mass is 10.2. The number of nitrogens with one attached hydrogen (secondary N) is 1. The Labute approximate surface area is 114 Å². The van der Waals surface area contributed by atoms with E-state index in [9.17, 15) is 0 Å². The van der Waals surface area contributed by atoms with E-state index in [0.29, 0.717) is 6.61 Å². The molecule has 0 aliphatic heterocycles. The quantitative estimate of drug-likeness (QED) is 0.773. The molecule has 2 rings (SSSR count). The summed E-state index contributed by atoms with van der Waals surface area (Å²) < 4.78 is 5.67. The summed E-state index contributed by atoms with van der Waals surface area (Å²) in [4.78, 5) is 4.00. The van der Waals surface area contributed by atoms with Crippen LogP contribution in [0, 0.1) is 6.92 Å². The lowest BCUT2D eigenvalue weighted by molar-refractivity contribution is 0.314. The van der Waals surface area contributed by atoms with Gasteiger partial charge in [0.15, 0.2) is 0 Å². The minimum Gasteiger partial charge on any atom is -0.492 e. The van der Waals surface area contributed by atoms with E-state index >= 15 is 0 Å². The molecule has 0 unspecified atom stereocenters. The highest BCUT2D eigenvalue weighted by atomic mass is 16.5. The molecule has 0 saturated heterocycles. The van der Waals surface area contributed by atoms with Crippen LogP contribution in [0.5, 0.6) is 5.75 Å². The van der Waals surface area contributed by atoms with Crippen LogP contribution in [0.2, 0.25) is 0 Å². The van der Waals surface area contributed by atoms with Gasteiger partial charge in [-0.05, 0) is 55.3 Å². The second-order valence-corrected chi connectivity index (χ2v) is 4.52. The highest BCUT2D eigenvalue weighted by molar-refractivity contribution is 5.27. The maximum atomic E-state index is 5.67. The molecule has 100 valence electrons. The first kappa shape index (κ1) is 13.6. The van der Waals surface area contributed by atoms with Crippen LogP contribution < -0.4 is 10.1 Å². The van der Waals surface area contributed by atoms with E-state index in [4.69, 9.17) is 4.74 Å². The third-order valence-corrected chi connectivity index (χ3v) is 2.88. The van der Waals surface area contributed by atoms with Crippen LogP contribution in [0.3, 0.4) is 0 Å². The molecular formula is C16H20N2O. The summed E-state index contributed by atoms with van der Waals surface area (Å²) in [6, 6.07) is 12.2. The molecule has 0 aliphatic rings. The van der Waals surface area contributed by atoms with E-state index in [1.54, 1.807) is 0 Å². The number of benzene rings is 1. The number of aromatic nitrogens is 1. The predicted molar refractivity (Wildman–Crippen MR) is 77.5 cm³/mol. The molecule has 1 N–H and O–H groups in total. The molecule has 0 radical (unpaired) electrons. The van der Waals surface area contributed by atoms with Gasteiger partial charge >= 0.3 is 0 Å². The van der Waals surface area contributed by atoms with Crippen molar-refractivity contribution < 1.29 is 4.74 Å². The van der Waals surface area contributed by atoms with Gasteiger partial charge in [-0.15, -0.1) is 0 Å². The molecule has 0 spiro atoms. The van der Waals surface area contributed by atoms with Gasteiger partial charge in [0.1, 0.15) is 12.4 Å². The van der Waals surface area contributed by atoms with Crippen LogP contribution in [0.25, 0.3) is 0 Å². The Morgan fingerprint density at radius 1 is 1.11 bits per heavy atom. The Balaban J connectivity index is 1.58. The van der Waals surface area contributed by atoms with Crippen LogP contribution in [0.15, 0.2) is 48.8 Å². The van der Waals surface area contributed by atoms with Crippen molar-refractivity contribution in [2.45, 2.75) is 13.3 Å². The number of rotatable bonds is 7. The largest absolute Gasteiger partial charge is 0.492 e. The van der Waals surface area contributed by atoms with E-state index in [1.807, 2.05) is 36.7 Å². The van der Waals surface area contributed by atoms with Gasteiger partial charge in [-0.3, -0.25) is 4.98 Å². The van der Waals surface area contributed by atoms with E-state index in [2.05, 4.69) is 29.4 Å². The average molecular weight is 256 g/mol. The van der Waals surface area contributed by atoms with Gasteiger partial charge in [-0.2, -0.15) is 0 Å². The number of hydrogen-bond donors (Lipinski definition) is 1. The van der Waals surface area contributed by atoms with Crippen molar-refractivity contribution in [3.8, 4) is 5.75 Å². The van der Waals surface area contributed by atoms with E-state index in [1.165, 1.54) is 11.1 Å².